The third-order valence-electron chi connectivity index (χ3n) is 6.19. The highest BCUT2D eigenvalue weighted by Crippen LogP contribution is 2.37. The second-order valence-corrected chi connectivity index (χ2v) is 10.3. The zero-order valence-corrected chi connectivity index (χ0v) is 21.3. The van der Waals surface area contributed by atoms with Gasteiger partial charge in [-0.2, -0.15) is 8.78 Å². The Balaban J connectivity index is 1.72. The lowest BCUT2D eigenvalue weighted by molar-refractivity contribution is -0.0698. The molecule has 194 valence electrons. The number of anilines is 2. The SMILES string of the molecule is COCC(F)(F)c1cccc([C@@H](C)Nc2nc(CO)nc3cc(OC)c(N4CC[S+]([O-])CC4)cc23)c1. The Hall–Kier alpha value is -2.73. The summed E-state index contributed by atoms with van der Waals surface area (Å²) in [5.74, 6) is -0.652. The predicted molar refractivity (Wildman–Crippen MR) is 136 cm³/mol. The fourth-order valence-corrected chi connectivity index (χ4v) is 5.30. The number of nitrogens with zero attached hydrogens (tertiary/aromatic N) is 3. The van der Waals surface area contributed by atoms with E-state index in [0.717, 1.165) is 5.69 Å². The van der Waals surface area contributed by atoms with Gasteiger partial charge < -0.3 is 29.3 Å². The number of nitrogens with one attached hydrogen (secondary N) is 1. The van der Waals surface area contributed by atoms with Gasteiger partial charge in [-0.1, -0.05) is 29.4 Å². The summed E-state index contributed by atoms with van der Waals surface area (Å²) in [6.07, 6.45) is 0. The van der Waals surface area contributed by atoms with Crippen LogP contribution in [0.25, 0.3) is 10.9 Å². The van der Waals surface area contributed by atoms with Crippen LogP contribution in [0, 0.1) is 0 Å². The third kappa shape index (κ3) is 5.64. The normalized spacial score (nSPS) is 15.8. The molecule has 2 N–H and O–H groups in total. The molecule has 1 aliphatic rings. The molecule has 1 fully saturated rings. The number of rotatable bonds is 9. The lowest BCUT2D eigenvalue weighted by atomic mass is 10.0. The van der Waals surface area contributed by atoms with Crippen molar-refractivity contribution in [3.05, 3.63) is 53.3 Å². The van der Waals surface area contributed by atoms with Crippen molar-refractivity contribution in [3.63, 3.8) is 0 Å². The van der Waals surface area contributed by atoms with Crippen LogP contribution < -0.4 is 15.0 Å². The quantitative estimate of drug-likeness (QED) is 0.413. The van der Waals surface area contributed by atoms with Gasteiger partial charge in [-0.3, -0.25) is 0 Å². The van der Waals surface area contributed by atoms with E-state index in [1.165, 1.54) is 19.2 Å². The van der Waals surface area contributed by atoms with E-state index in [1.807, 2.05) is 13.0 Å². The van der Waals surface area contributed by atoms with Crippen LogP contribution in [0.2, 0.25) is 0 Å². The summed E-state index contributed by atoms with van der Waals surface area (Å²) in [7, 11) is 2.82. The smallest absolute Gasteiger partial charge is 0.296 e. The molecule has 11 heteroatoms. The zero-order chi connectivity index (χ0) is 25.9. The summed E-state index contributed by atoms with van der Waals surface area (Å²) < 4.78 is 51.0. The van der Waals surface area contributed by atoms with Gasteiger partial charge in [0.2, 0.25) is 0 Å². The summed E-state index contributed by atoms with van der Waals surface area (Å²) in [6.45, 7) is 2.05. The number of benzene rings is 2. The molecule has 3 aromatic rings. The van der Waals surface area contributed by atoms with Crippen LogP contribution in [-0.2, 0) is 28.4 Å². The van der Waals surface area contributed by atoms with E-state index < -0.39 is 23.7 Å². The molecule has 4 rings (SSSR count). The number of aromatic nitrogens is 2. The summed E-state index contributed by atoms with van der Waals surface area (Å²) >= 11 is -0.827. The highest BCUT2D eigenvalue weighted by molar-refractivity contribution is 7.91. The second kappa shape index (κ2) is 11.1. The van der Waals surface area contributed by atoms with Crippen molar-refractivity contribution in [1.82, 2.24) is 9.97 Å². The number of aliphatic hydroxyl groups is 1. The van der Waals surface area contributed by atoms with Gasteiger partial charge in [-0.15, -0.1) is 0 Å². The van der Waals surface area contributed by atoms with Gasteiger partial charge in [0.15, 0.2) is 5.82 Å². The first-order chi connectivity index (χ1) is 17.2. The van der Waals surface area contributed by atoms with Crippen LogP contribution in [0.3, 0.4) is 0 Å². The molecule has 0 amide bonds. The molecule has 0 aliphatic carbocycles. The minimum atomic E-state index is -3.11. The van der Waals surface area contributed by atoms with E-state index in [0.29, 0.717) is 52.6 Å². The minimum Gasteiger partial charge on any atom is -0.616 e. The predicted octanol–water partition coefficient (Wildman–Crippen LogP) is 3.61. The van der Waals surface area contributed by atoms with E-state index in [1.54, 1.807) is 25.3 Å². The van der Waals surface area contributed by atoms with Gasteiger partial charge in [0.25, 0.3) is 5.92 Å². The molecule has 2 aromatic carbocycles. The number of halogens is 2. The van der Waals surface area contributed by atoms with Crippen molar-refractivity contribution in [3.8, 4) is 5.75 Å². The highest BCUT2D eigenvalue weighted by atomic mass is 32.2. The van der Waals surface area contributed by atoms with Gasteiger partial charge in [0.05, 0.1) is 31.4 Å². The molecular weight excluding hydrogens is 490 g/mol. The van der Waals surface area contributed by atoms with Crippen molar-refractivity contribution >= 4 is 33.6 Å². The monoisotopic (exact) mass is 520 g/mol. The van der Waals surface area contributed by atoms with E-state index in [4.69, 9.17) is 4.74 Å². The van der Waals surface area contributed by atoms with Crippen molar-refractivity contribution in [2.24, 2.45) is 0 Å². The average molecular weight is 521 g/mol. The number of alkyl halides is 2. The topological polar surface area (TPSA) is 103 Å². The molecule has 8 nitrogen and oxygen atoms in total. The molecule has 0 unspecified atom stereocenters. The van der Waals surface area contributed by atoms with Crippen molar-refractivity contribution in [2.45, 2.75) is 25.5 Å². The molecule has 36 heavy (non-hydrogen) atoms. The molecule has 0 saturated carbocycles. The number of aliphatic hydroxyl groups excluding tert-OH is 1. The Kier molecular flexibility index (Phi) is 8.13. The van der Waals surface area contributed by atoms with Crippen LogP contribution in [0.4, 0.5) is 20.3 Å². The summed E-state index contributed by atoms with van der Waals surface area (Å²) in [5, 5.41) is 13.8. The lowest BCUT2D eigenvalue weighted by Crippen LogP contribution is -2.40. The number of methoxy groups -OCH3 is 2. The van der Waals surface area contributed by atoms with Crippen LogP contribution in [-0.4, -0.2) is 65.0 Å². The minimum absolute atomic E-state index is 0.131. The van der Waals surface area contributed by atoms with Crippen LogP contribution in [0.1, 0.15) is 29.9 Å². The maximum absolute atomic E-state index is 14.4. The lowest BCUT2D eigenvalue weighted by Gasteiger charge is -2.31. The van der Waals surface area contributed by atoms with Gasteiger partial charge >= 0.3 is 0 Å². The number of hydrogen-bond donors (Lipinski definition) is 2. The Bertz CT molecular complexity index is 1210. The molecule has 0 bridgehead atoms. The fourth-order valence-electron chi connectivity index (χ4n) is 4.25. The van der Waals surface area contributed by atoms with E-state index in [9.17, 15) is 18.4 Å². The Labute approximate surface area is 211 Å². The number of fused-ring (bicyclic) bond motifs is 1. The highest BCUT2D eigenvalue weighted by Gasteiger charge is 2.32. The first-order valence-corrected chi connectivity index (χ1v) is 13.1. The van der Waals surface area contributed by atoms with Crippen molar-refractivity contribution < 1.29 is 27.9 Å². The Morgan fingerprint density at radius 2 is 1.94 bits per heavy atom. The van der Waals surface area contributed by atoms with Crippen LogP contribution in [0.15, 0.2) is 36.4 Å². The van der Waals surface area contributed by atoms with Gasteiger partial charge in [0, 0.05) is 30.2 Å². The fraction of sp³-hybridized carbons (Fsp3) is 0.440. The molecule has 1 saturated heterocycles. The standard InChI is InChI=1S/C25H30F2N4O4S/c1-16(17-5-4-6-18(11-17)25(26,27)15-34-2)28-24-19-12-21(31-7-9-36(33)10-8-31)22(35-3)13-20(19)29-23(14-32)30-24/h4-6,11-13,16,32H,7-10,14-15H2,1-3H3,(H,28,29,30)/t16-/m1/s1. The second-order valence-electron chi connectivity index (χ2n) is 8.65. The molecule has 0 radical (unpaired) electrons. The van der Waals surface area contributed by atoms with Gasteiger partial charge in [-0.05, 0) is 24.6 Å². The molecule has 1 aromatic heterocycles. The molecule has 1 atom stereocenters. The maximum atomic E-state index is 14.4. The number of hydrogen-bond acceptors (Lipinski definition) is 8. The Morgan fingerprint density at radius 3 is 2.61 bits per heavy atom. The van der Waals surface area contributed by atoms with E-state index >= 15 is 0 Å². The summed E-state index contributed by atoms with van der Waals surface area (Å²) in [5.41, 5.74) is 1.92. The van der Waals surface area contributed by atoms with E-state index in [-0.39, 0.29) is 24.0 Å². The van der Waals surface area contributed by atoms with E-state index in [2.05, 4.69) is 24.9 Å². The van der Waals surface area contributed by atoms with Crippen LogP contribution >= 0.6 is 0 Å². The summed E-state index contributed by atoms with van der Waals surface area (Å²) in [4.78, 5) is 11.1. The van der Waals surface area contributed by atoms with Crippen molar-refractivity contribution in [2.75, 3.05) is 55.6 Å². The average Bonchev–Trinajstić information content (AvgIpc) is 2.88. The maximum Gasteiger partial charge on any atom is 0.296 e. The molecule has 2 heterocycles. The molecular formula is C25H30F2N4O4S. The first-order valence-electron chi connectivity index (χ1n) is 11.6. The molecule has 1 aliphatic heterocycles. The molecule has 0 spiro atoms. The van der Waals surface area contributed by atoms with Crippen molar-refractivity contribution in [1.29, 1.82) is 0 Å². The number of ether oxygens (including phenoxy) is 2. The largest absolute Gasteiger partial charge is 0.616 e. The van der Waals surface area contributed by atoms with Crippen LogP contribution in [0.5, 0.6) is 5.75 Å². The Morgan fingerprint density at radius 1 is 1.19 bits per heavy atom. The van der Waals surface area contributed by atoms with Gasteiger partial charge in [-0.25, -0.2) is 9.97 Å². The van der Waals surface area contributed by atoms with Gasteiger partial charge in [0.1, 0.15) is 36.3 Å². The summed E-state index contributed by atoms with van der Waals surface area (Å²) in [6, 6.07) is 9.52. The first kappa shape index (κ1) is 26.3. The third-order valence-corrected chi connectivity index (χ3v) is 7.47. The zero-order valence-electron chi connectivity index (χ0n) is 20.5.